The van der Waals surface area contributed by atoms with Crippen LogP contribution in [0.25, 0.3) is 33.6 Å². The van der Waals surface area contributed by atoms with Crippen molar-refractivity contribution in [2.24, 2.45) is 0 Å². The third-order valence-electron chi connectivity index (χ3n) is 6.26. The van der Waals surface area contributed by atoms with Crippen LogP contribution in [0.2, 0.25) is 10.0 Å². The van der Waals surface area contributed by atoms with E-state index in [0.717, 1.165) is 0 Å². The van der Waals surface area contributed by atoms with Crippen molar-refractivity contribution in [1.82, 2.24) is 15.6 Å². The average molecular weight is 621 g/mol. The Hall–Kier alpha value is -4.14. The Labute approximate surface area is 247 Å². The molecule has 0 aliphatic carbocycles. The van der Waals surface area contributed by atoms with Gasteiger partial charge in [0, 0.05) is 24.6 Å². The molecule has 4 rings (SSSR count). The number of pyridine rings is 1. The van der Waals surface area contributed by atoms with E-state index in [1.165, 1.54) is 63.4 Å². The first-order valence-electron chi connectivity index (χ1n) is 12.4. The van der Waals surface area contributed by atoms with Gasteiger partial charge in [-0.15, -0.1) is 0 Å². The van der Waals surface area contributed by atoms with E-state index >= 15 is 0 Å². The van der Waals surface area contributed by atoms with Crippen LogP contribution in [0, 0.1) is 17.1 Å². The molecule has 0 aliphatic heterocycles. The highest BCUT2D eigenvalue weighted by atomic mass is 35.5. The van der Waals surface area contributed by atoms with Gasteiger partial charge in [0.2, 0.25) is 5.71 Å². The minimum atomic E-state index is -4.52. The lowest BCUT2D eigenvalue weighted by Crippen LogP contribution is -2.42. The van der Waals surface area contributed by atoms with Crippen LogP contribution in [0.3, 0.4) is 0 Å². The Morgan fingerprint density at radius 1 is 1.05 bits per heavy atom. The summed E-state index contributed by atoms with van der Waals surface area (Å²) in [7, 11) is 1.38. The highest BCUT2D eigenvalue weighted by Gasteiger charge is 2.30. The molecule has 0 saturated carbocycles. The quantitative estimate of drug-likeness (QED) is 0.208. The standard InChI is InChI=1S/C29H22Cl2F4N4O3/c1-28(2,13-36)39-25(40)19-10-15(11-20(30)23(19)31)17-12-18-22(26(41)37-3)24(14-4-6-16(32)7-5-14)42-27(18)38-21(17)8-9-29(33,34)35/h4-7,10-12H,8-9H2,1-3H3,(H,37,41)(H,39,40). The van der Waals surface area contributed by atoms with Crippen molar-refractivity contribution in [2.75, 3.05) is 7.05 Å². The van der Waals surface area contributed by atoms with Gasteiger partial charge in [0.25, 0.3) is 11.8 Å². The molecule has 13 heteroatoms. The summed E-state index contributed by atoms with van der Waals surface area (Å²) in [6, 6.07) is 11.1. The number of nitrogens with one attached hydrogen (secondary N) is 2. The van der Waals surface area contributed by atoms with Gasteiger partial charge in [0.1, 0.15) is 17.1 Å². The van der Waals surface area contributed by atoms with Gasteiger partial charge < -0.3 is 15.1 Å². The molecule has 0 spiro atoms. The van der Waals surface area contributed by atoms with Gasteiger partial charge in [0.15, 0.2) is 0 Å². The molecule has 42 heavy (non-hydrogen) atoms. The first-order valence-corrected chi connectivity index (χ1v) is 13.1. The number of nitrogens with zero attached hydrogens (tertiary/aromatic N) is 2. The summed E-state index contributed by atoms with van der Waals surface area (Å²) in [6.07, 6.45) is -6.31. The zero-order valence-corrected chi connectivity index (χ0v) is 23.9. The molecule has 4 aromatic rings. The molecule has 2 aromatic carbocycles. The number of carbonyl (C=O) groups is 2. The van der Waals surface area contributed by atoms with Gasteiger partial charge in [0.05, 0.1) is 38.3 Å². The van der Waals surface area contributed by atoms with Gasteiger partial charge in [-0.1, -0.05) is 23.2 Å². The smallest absolute Gasteiger partial charge is 0.389 e. The minimum Gasteiger partial charge on any atom is -0.437 e. The van der Waals surface area contributed by atoms with Crippen LogP contribution < -0.4 is 10.6 Å². The molecule has 0 unspecified atom stereocenters. The van der Waals surface area contributed by atoms with E-state index in [1.54, 1.807) is 0 Å². The van der Waals surface area contributed by atoms with Crippen LogP contribution in [0.1, 0.15) is 46.7 Å². The van der Waals surface area contributed by atoms with Crippen molar-refractivity contribution in [3.63, 3.8) is 0 Å². The maximum Gasteiger partial charge on any atom is 0.389 e. The molecule has 0 atom stereocenters. The molecule has 2 N–H and O–H groups in total. The summed E-state index contributed by atoms with van der Waals surface area (Å²) in [4.78, 5) is 30.4. The molecule has 2 heterocycles. The summed E-state index contributed by atoms with van der Waals surface area (Å²) >= 11 is 12.7. The normalized spacial score (nSPS) is 11.8. The molecule has 0 radical (unpaired) electrons. The first-order chi connectivity index (χ1) is 19.6. The lowest BCUT2D eigenvalue weighted by Gasteiger charge is -2.19. The number of hydrogen-bond donors (Lipinski definition) is 2. The second kappa shape index (κ2) is 11.6. The number of amides is 2. The molecule has 0 aliphatic rings. The second-order valence-corrected chi connectivity index (χ2v) is 10.6. The molecular formula is C29H22Cl2F4N4O3. The Morgan fingerprint density at radius 3 is 2.31 bits per heavy atom. The van der Waals surface area contributed by atoms with Crippen LogP contribution in [0.5, 0.6) is 0 Å². The lowest BCUT2D eigenvalue weighted by atomic mass is 9.96. The van der Waals surface area contributed by atoms with Gasteiger partial charge in [-0.25, -0.2) is 9.37 Å². The van der Waals surface area contributed by atoms with E-state index in [1.807, 2.05) is 6.07 Å². The summed E-state index contributed by atoms with van der Waals surface area (Å²) in [5.41, 5.74) is -0.901. The van der Waals surface area contributed by atoms with Crippen LogP contribution in [-0.2, 0) is 6.42 Å². The van der Waals surface area contributed by atoms with Crippen LogP contribution >= 0.6 is 23.2 Å². The van der Waals surface area contributed by atoms with E-state index in [9.17, 15) is 32.4 Å². The molecule has 7 nitrogen and oxygen atoms in total. The summed E-state index contributed by atoms with van der Waals surface area (Å²) in [5.74, 6) is -1.82. The highest BCUT2D eigenvalue weighted by Crippen LogP contribution is 2.39. The number of rotatable bonds is 7. The van der Waals surface area contributed by atoms with Crippen molar-refractivity contribution in [3.05, 3.63) is 75.1 Å². The fraction of sp³-hybridized carbons (Fsp3) is 0.241. The number of carbonyl (C=O) groups excluding carboxylic acids is 2. The van der Waals surface area contributed by atoms with E-state index in [0.29, 0.717) is 5.56 Å². The number of aryl methyl sites for hydroxylation is 1. The Bertz CT molecular complexity index is 1740. The number of furan rings is 1. The van der Waals surface area contributed by atoms with Crippen LogP contribution in [0.4, 0.5) is 17.6 Å². The highest BCUT2D eigenvalue weighted by molar-refractivity contribution is 6.44. The van der Waals surface area contributed by atoms with Crippen LogP contribution in [0.15, 0.2) is 46.9 Å². The molecule has 218 valence electrons. The molecular weight excluding hydrogens is 599 g/mol. The van der Waals surface area contributed by atoms with Crippen molar-refractivity contribution in [1.29, 1.82) is 5.26 Å². The maximum absolute atomic E-state index is 13.6. The molecule has 0 fully saturated rings. The van der Waals surface area contributed by atoms with Gasteiger partial charge in [-0.05, 0) is 68.3 Å². The second-order valence-electron chi connectivity index (χ2n) is 9.85. The van der Waals surface area contributed by atoms with Crippen molar-refractivity contribution in [2.45, 2.75) is 38.4 Å². The number of aromatic nitrogens is 1. The van der Waals surface area contributed by atoms with E-state index in [-0.39, 0.29) is 54.9 Å². The first kappa shape index (κ1) is 30.8. The van der Waals surface area contributed by atoms with Crippen molar-refractivity contribution >= 4 is 46.1 Å². The predicted molar refractivity (Wildman–Crippen MR) is 150 cm³/mol. The van der Waals surface area contributed by atoms with Crippen LogP contribution in [-0.4, -0.2) is 35.6 Å². The van der Waals surface area contributed by atoms with Crippen molar-refractivity contribution in [3.8, 4) is 28.5 Å². The third kappa shape index (κ3) is 6.50. The number of benzene rings is 2. The number of nitriles is 1. The lowest BCUT2D eigenvalue weighted by molar-refractivity contribution is -0.134. The summed E-state index contributed by atoms with van der Waals surface area (Å²) in [6.45, 7) is 2.94. The number of fused-ring (bicyclic) bond motifs is 1. The fourth-order valence-electron chi connectivity index (χ4n) is 4.20. The Kier molecular flexibility index (Phi) is 8.53. The maximum atomic E-state index is 13.6. The number of alkyl halides is 3. The van der Waals surface area contributed by atoms with E-state index in [4.69, 9.17) is 27.6 Å². The monoisotopic (exact) mass is 620 g/mol. The Balaban J connectivity index is 1.99. The van der Waals surface area contributed by atoms with Crippen molar-refractivity contribution < 1.29 is 31.6 Å². The molecule has 2 amide bonds. The minimum absolute atomic E-state index is 0.0176. The molecule has 0 bridgehead atoms. The molecule has 2 aromatic heterocycles. The topological polar surface area (TPSA) is 108 Å². The zero-order valence-electron chi connectivity index (χ0n) is 22.3. The van der Waals surface area contributed by atoms with Gasteiger partial charge in [-0.3, -0.25) is 9.59 Å². The number of halogens is 6. The predicted octanol–water partition coefficient (Wildman–Crippen LogP) is 7.49. The zero-order chi connectivity index (χ0) is 31.0. The summed E-state index contributed by atoms with van der Waals surface area (Å²) in [5, 5.41) is 14.3. The summed E-state index contributed by atoms with van der Waals surface area (Å²) < 4.78 is 59.3. The van der Waals surface area contributed by atoms with E-state index < -0.39 is 42.2 Å². The molecule has 0 saturated heterocycles. The average Bonchev–Trinajstić information content (AvgIpc) is 3.30. The number of hydrogen-bond acceptors (Lipinski definition) is 5. The third-order valence-corrected chi connectivity index (χ3v) is 7.06. The largest absolute Gasteiger partial charge is 0.437 e. The van der Waals surface area contributed by atoms with E-state index in [2.05, 4.69) is 15.6 Å². The Morgan fingerprint density at radius 2 is 1.71 bits per heavy atom. The van der Waals surface area contributed by atoms with Gasteiger partial charge >= 0.3 is 6.18 Å². The SMILES string of the molecule is CNC(=O)c1c(-c2ccc(F)cc2)oc2nc(CCC(F)(F)F)c(-c3cc(Cl)c(Cl)c(C(=O)NC(C)(C)C#N)c3)cc12. The van der Waals surface area contributed by atoms with Gasteiger partial charge in [-0.2, -0.15) is 18.4 Å². The fourth-order valence-corrected chi connectivity index (χ4v) is 4.62.